The number of rotatable bonds is 8. The van der Waals surface area contributed by atoms with Crippen molar-refractivity contribution in [2.45, 2.75) is 31.2 Å². The zero-order valence-corrected chi connectivity index (χ0v) is 18.5. The molecule has 1 aromatic heterocycles. The van der Waals surface area contributed by atoms with Crippen LogP contribution in [-0.2, 0) is 26.6 Å². The Morgan fingerprint density at radius 2 is 1.97 bits per heavy atom. The summed E-state index contributed by atoms with van der Waals surface area (Å²) in [6.45, 7) is 6.53. The first-order chi connectivity index (χ1) is 14.3. The van der Waals surface area contributed by atoms with Crippen molar-refractivity contribution in [2.24, 2.45) is 7.05 Å². The third-order valence-electron chi connectivity index (χ3n) is 5.35. The van der Waals surface area contributed by atoms with Crippen LogP contribution in [0.15, 0.2) is 41.4 Å². The molecule has 1 amide bonds. The molecule has 0 aliphatic carbocycles. The number of ether oxygens (including phenoxy) is 1. The molecule has 164 valence electrons. The van der Waals surface area contributed by atoms with Crippen molar-refractivity contribution in [3.8, 4) is 0 Å². The number of hydrogen-bond acceptors (Lipinski definition) is 5. The summed E-state index contributed by atoms with van der Waals surface area (Å²) in [7, 11) is -1.75. The predicted octanol–water partition coefficient (Wildman–Crippen LogP) is 2.03. The van der Waals surface area contributed by atoms with E-state index in [2.05, 4.69) is 14.9 Å². The Labute approximate surface area is 178 Å². The second-order valence-corrected chi connectivity index (χ2v) is 9.18. The minimum Gasteiger partial charge on any atom is -0.379 e. The average Bonchev–Trinajstić information content (AvgIpc) is 3.14. The lowest BCUT2D eigenvalue weighted by atomic mass is 10.1. The van der Waals surface area contributed by atoms with Crippen LogP contribution in [0.2, 0.25) is 0 Å². The topological polar surface area (TPSA) is 92.7 Å². The summed E-state index contributed by atoms with van der Waals surface area (Å²) in [6.07, 6.45) is 2.33. The summed E-state index contributed by atoms with van der Waals surface area (Å²) in [5.74, 6) is -0.112. The summed E-state index contributed by atoms with van der Waals surface area (Å²) in [5, 5.41) is 2.75. The van der Waals surface area contributed by atoms with Crippen LogP contribution < -0.4 is 10.0 Å². The minimum absolute atomic E-state index is 0.0907. The molecule has 2 N–H and O–H groups in total. The number of carbonyl (C=O) groups excluding carboxylic acids is 1. The summed E-state index contributed by atoms with van der Waals surface area (Å²) in [5.41, 5.74) is 2.22. The van der Waals surface area contributed by atoms with Crippen LogP contribution in [0.1, 0.15) is 30.6 Å². The molecule has 2 heterocycles. The lowest BCUT2D eigenvalue weighted by Crippen LogP contribution is -2.44. The molecule has 1 fully saturated rings. The van der Waals surface area contributed by atoms with Gasteiger partial charge in [0, 0.05) is 50.7 Å². The third-order valence-corrected chi connectivity index (χ3v) is 6.93. The Kier molecular flexibility index (Phi) is 7.30. The molecule has 2 aromatic rings. The largest absolute Gasteiger partial charge is 0.379 e. The Hall–Kier alpha value is -2.20. The highest BCUT2D eigenvalue weighted by atomic mass is 32.2. The average molecular weight is 435 g/mol. The predicted molar refractivity (Wildman–Crippen MR) is 116 cm³/mol. The van der Waals surface area contributed by atoms with Crippen LogP contribution in [0.3, 0.4) is 0 Å². The highest BCUT2D eigenvalue weighted by Crippen LogP contribution is 2.24. The summed E-state index contributed by atoms with van der Waals surface area (Å²) in [4.78, 5) is 14.0. The van der Waals surface area contributed by atoms with E-state index in [9.17, 15) is 13.2 Å². The first-order valence-electron chi connectivity index (χ1n) is 10.1. The Morgan fingerprint density at radius 3 is 2.57 bits per heavy atom. The molecule has 0 saturated carbocycles. The number of aromatic nitrogens is 1. The van der Waals surface area contributed by atoms with Crippen LogP contribution >= 0.6 is 0 Å². The van der Waals surface area contributed by atoms with Crippen molar-refractivity contribution in [1.82, 2.24) is 14.2 Å². The monoisotopic (exact) mass is 434 g/mol. The molecule has 9 heteroatoms. The molecule has 1 aliphatic heterocycles. The molecule has 1 atom stereocenters. The smallest absolute Gasteiger partial charge is 0.240 e. The number of aryl methyl sites for hydroxylation is 2. The van der Waals surface area contributed by atoms with Gasteiger partial charge in [-0.25, -0.2) is 13.1 Å². The van der Waals surface area contributed by atoms with E-state index in [0.29, 0.717) is 30.9 Å². The normalized spacial score (nSPS) is 16.4. The number of nitrogens with zero attached hydrogens (tertiary/aromatic N) is 2. The van der Waals surface area contributed by atoms with Crippen molar-refractivity contribution in [1.29, 1.82) is 0 Å². The second-order valence-electron chi connectivity index (χ2n) is 7.44. The maximum atomic E-state index is 13.0. The van der Waals surface area contributed by atoms with E-state index in [4.69, 9.17) is 4.74 Å². The first kappa shape index (κ1) is 22.5. The van der Waals surface area contributed by atoms with Crippen molar-refractivity contribution >= 4 is 21.6 Å². The lowest BCUT2D eigenvalue weighted by molar-refractivity contribution is -0.115. The van der Waals surface area contributed by atoms with Gasteiger partial charge in [0.2, 0.25) is 15.9 Å². The van der Waals surface area contributed by atoms with Crippen molar-refractivity contribution in [3.05, 3.63) is 47.8 Å². The van der Waals surface area contributed by atoms with Crippen LogP contribution in [-0.4, -0.2) is 56.6 Å². The van der Waals surface area contributed by atoms with Gasteiger partial charge in [0.1, 0.15) is 0 Å². The van der Waals surface area contributed by atoms with Gasteiger partial charge >= 0.3 is 0 Å². The number of hydrogen-bond donors (Lipinski definition) is 2. The van der Waals surface area contributed by atoms with Gasteiger partial charge in [-0.05, 0) is 42.8 Å². The van der Waals surface area contributed by atoms with Gasteiger partial charge in [-0.1, -0.05) is 6.92 Å². The fraction of sp³-hybridized carbons (Fsp3) is 0.476. The van der Waals surface area contributed by atoms with Crippen molar-refractivity contribution in [3.63, 3.8) is 0 Å². The van der Waals surface area contributed by atoms with Gasteiger partial charge in [-0.3, -0.25) is 9.69 Å². The molecular formula is C21H30N4O4S. The molecule has 1 aliphatic rings. The van der Waals surface area contributed by atoms with Gasteiger partial charge in [0.05, 0.1) is 24.2 Å². The Morgan fingerprint density at radius 1 is 1.23 bits per heavy atom. The summed E-state index contributed by atoms with van der Waals surface area (Å²) >= 11 is 0. The number of amides is 1. The zero-order chi connectivity index (χ0) is 21.7. The molecular weight excluding hydrogens is 404 g/mol. The van der Waals surface area contributed by atoms with Crippen molar-refractivity contribution in [2.75, 3.05) is 38.2 Å². The molecule has 1 unspecified atom stereocenters. The number of anilines is 1. The van der Waals surface area contributed by atoms with E-state index in [0.717, 1.165) is 18.8 Å². The first-order valence-corrected chi connectivity index (χ1v) is 11.6. The van der Waals surface area contributed by atoms with Gasteiger partial charge in [-0.2, -0.15) is 0 Å². The van der Waals surface area contributed by atoms with E-state index in [1.807, 2.05) is 29.9 Å². The standard InChI is InChI=1S/C21H30N4O4S/c1-4-21(26)23-17-7-8-20(16(2)14-17)30(27,28)22-15-19(18-6-5-9-24(18)3)25-10-12-29-13-11-25/h5-9,14,19,22H,4,10-13,15H2,1-3H3,(H,23,26). The van der Waals surface area contributed by atoms with Gasteiger partial charge in [-0.15, -0.1) is 0 Å². The molecule has 0 radical (unpaired) electrons. The molecule has 0 spiro atoms. The van der Waals surface area contributed by atoms with Crippen LogP contribution in [0.25, 0.3) is 0 Å². The number of carbonyl (C=O) groups is 1. The van der Waals surface area contributed by atoms with E-state index in [1.54, 1.807) is 26.0 Å². The zero-order valence-electron chi connectivity index (χ0n) is 17.7. The highest BCUT2D eigenvalue weighted by molar-refractivity contribution is 7.89. The molecule has 3 rings (SSSR count). The van der Waals surface area contributed by atoms with Crippen LogP contribution in [0.5, 0.6) is 0 Å². The lowest BCUT2D eigenvalue weighted by Gasteiger charge is -2.35. The van der Waals surface area contributed by atoms with E-state index in [-0.39, 0.29) is 23.4 Å². The van der Waals surface area contributed by atoms with E-state index >= 15 is 0 Å². The quantitative estimate of drug-likeness (QED) is 0.663. The fourth-order valence-electron chi connectivity index (χ4n) is 3.67. The van der Waals surface area contributed by atoms with Crippen molar-refractivity contribution < 1.29 is 17.9 Å². The van der Waals surface area contributed by atoms with Gasteiger partial charge < -0.3 is 14.6 Å². The third kappa shape index (κ3) is 5.28. The van der Waals surface area contributed by atoms with E-state index < -0.39 is 10.0 Å². The summed E-state index contributed by atoms with van der Waals surface area (Å²) < 4.78 is 36.3. The molecule has 8 nitrogen and oxygen atoms in total. The number of sulfonamides is 1. The SMILES string of the molecule is CCC(=O)Nc1ccc(S(=O)(=O)NCC(c2cccn2C)N2CCOCC2)c(C)c1. The maximum absolute atomic E-state index is 13.0. The van der Waals surface area contributed by atoms with Gasteiger partial charge in [0.25, 0.3) is 0 Å². The van der Waals surface area contributed by atoms with E-state index in [1.165, 1.54) is 6.07 Å². The second kappa shape index (κ2) is 9.74. The number of benzene rings is 1. The molecule has 30 heavy (non-hydrogen) atoms. The van der Waals surface area contributed by atoms with Crippen LogP contribution in [0.4, 0.5) is 5.69 Å². The highest BCUT2D eigenvalue weighted by Gasteiger charge is 2.27. The molecule has 1 aromatic carbocycles. The summed E-state index contributed by atoms with van der Waals surface area (Å²) in [6, 6.07) is 8.72. The maximum Gasteiger partial charge on any atom is 0.240 e. The fourth-order valence-corrected chi connectivity index (χ4v) is 4.94. The Bertz CT molecular complexity index is 981. The van der Waals surface area contributed by atoms with Gasteiger partial charge in [0.15, 0.2) is 0 Å². The Balaban J connectivity index is 1.77. The van der Waals surface area contributed by atoms with Crippen LogP contribution in [0, 0.1) is 6.92 Å². The minimum atomic E-state index is -3.71. The molecule has 0 bridgehead atoms. The molecule has 1 saturated heterocycles. The number of nitrogens with one attached hydrogen (secondary N) is 2. The number of morpholine rings is 1.